The molecule has 0 aromatic carbocycles. The number of hydrogen-bond donors (Lipinski definition) is 0. The minimum absolute atomic E-state index is 0.537. The van der Waals surface area contributed by atoms with Crippen LogP contribution in [-0.4, -0.2) is 31.1 Å². The van der Waals surface area contributed by atoms with Crippen molar-refractivity contribution in [1.29, 1.82) is 0 Å². The van der Waals surface area contributed by atoms with E-state index in [1.165, 1.54) is 0 Å². The second-order valence-corrected chi connectivity index (χ2v) is 2.16. The van der Waals surface area contributed by atoms with Gasteiger partial charge in [-0.1, -0.05) is 0 Å². The molecule has 0 spiro atoms. The van der Waals surface area contributed by atoms with Gasteiger partial charge in [0.2, 0.25) is 6.41 Å². The first-order chi connectivity index (χ1) is 4.66. The molecular formula is C7H12N2O. The van der Waals surface area contributed by atoms with Crippen LogP contribution in [0.1, 0.15) is 6.92 Å². The minimum Gasteiger partial charge on any atom is -0.383 e. The summed E-state index contributed by atoms with van der Waals surface area (Å²) in [6.45, 7) is 1.77. The number of carbonyl (C=O) groups excluding carboxylic acids is 1. The van der Waals surface area contributed by atoms with Crippen molar-refractivity contribution in [2.45, 2.75) is 6.92 Å². The Morgan fingerprint density at radius 3 is 2.50 bits per heavy atom. The number of aliphatic imine (C=N–C) groups is 1. The minimum atomic E-state index is 0.537. The van der Waals surface area contributed by atoms with Crippen molar-refractivity contribution in [2.24, 2.45) is 4.99 Å². The standard InChI is InChI=1S/C7H12N2O/c1-7(8-6-10)4-5-9(2)3/h4-6H,1-3H3/b5-4-,8-7-. The van der Waals surface area contributed by atoms with Crippen LogP contribution in [0.4, 0.5) is 0 Å². The van der Waals surface area contributed by atoms with Crippen molar-refractivity contribution < 1.29 is 4.79 Å². The smallest absolute Gasteiger partial charge is 0.233 e. The quantitative estimate of drug-likeness (QED) is 0.426. The number of allylic oxidation sites excluding steroid dienone is 1. The molecule has 0 radical (unpaired) electrons. The fourth-order valence-electron chi connectivity index (χ4n) is 0.383. The van der Waals surface area contributed by atoms with Gasteiger partial charge in [0.1, 0.15) is 0 Å². The van der Waals surface area contributed by atoms with Crippen LogP contribution in [0.3, 0.4) is 0 Å². The number of hydrogen-bond acceptors (Lipinski definition) is 2. The van der Waals surface area contributed by atoms with Crippen molar-refractivity contribution in [3.05, 3.63) is 12.3 Å². The van der Waals surface area contributed by atoms with E-state index in [-0.39, 0.29) is 0 Å². The Bertz CT molecular complexity index is 159. The lowest BCUT2D eigenvalue weighted by Crippen LogP contribution is -2.01. The zero-order valence-corrected chi connectivity index (χ0v) is 6.53. The molecule has 56 valence electrons. The summed E-state index contributed by atoms with van der Waals surface area (Å²) in [7, 11) is 3.81. The maximum Gasteiger partial charge on any atom is 0.233 e. The molecule has 0 rings (SSSR count). The van der Waals surface area contributed by atoms with Crippen molar-refractivity contribution >= 4 is 12.1 Å². The largest absolute Gasteiger partial charge is 0.383 e. The first-order valence-corrected chi connectivity index (χ1v) is 2.99. The Labute approximate surface area is 61.1 Å². The Balaban J connectivity index is 3.88. The molecule has 0 aliphatic rings. The highest BCUT2D eigenvalue weighted by atomic mass is 16.1. The average molecular weight is 140 g/mol. The van der Waals surface area contributed by atoms with Gasteiger partial charge in [0.15, 0.2) is 0 Å². The third kappa shape index (κ3) is 5.03. The molecule has 0 aliphatic heterocycles. The lowest BCUT2D eigenvalue weighted by atomic mass is 10.4. The van der Waals surface area contributed by atoms with Gasteiger partial charge >= 0.3 is 0 Å². The molecule has 3 nitrogen and oxygen atoms in total. The van der Waals surface area contributed by atoms with Crippen molar-refractivity contribution in [2.75, 3.05) is 14.1 Å². The van der Waals surface area contributed by atoms with Gasteiger partial charge in [-0.3, -0.25) is 4.79 Å². The highest BCUT2D eigenvalue weighted by Gasteiger charge is 1.80. The summed E-state index contributed by atoms with van der Waals surface area (Å²) in [5.41, 5.74) is 0.712. The second kappa shape index (κ2) is 4.73. The van der Waals surface area contributed by atoms with Gasteiger partial charge in [0.25, 0.3) is 0 Å². The van der Waals surface area contributed by atoms with Gasteiger partial charge in [0, 0.05) is 26.0 Å². The lowest BCUT2D eigenvalue weighted by Gasteiger charge is -2.01. The van der Waals surface area contributed by atoms with Gasteiger partial charge in [-0.05, 0) is 13.0 Å². The summed E-state index contributed by atoms with van der Waals surface area (Å²) < 4.78 is 0. The number of amides is 1. The molecule has 10 heavy (non-hydrogen) atoms. The predicted octanol–water partition coefficient (Wildman–Crippen LogP) is 0.679. The first-order valence-electron chi connectivity index (χ1n) is 2.99. The Hall–Kier alpha value is -1.12. The van der Waals surface area contributed by atoms with E-state index in [4.69, 9.17) is 0 Å². The van der Waals surface area contributed by atoms with E-state index in [1.54, 1.807) is 13.0 Å². The molecule has 0 atom stereocenters. The molecule has 0 aliphatic carbocycles. The van der Waals surface area contributed by atoms with Gasteiger partial charge in [0.05, 0.1) is 0 Å². The predicted molar refractivity (Wildman–Crippen MR) is 42.0 cm³/mol. The maximum absolute atomic E-state index is 9.82. The van der Waals surface area contributed by atoms with E-state index in [1.807, 2.05) is 25.2 Å². The lowest BCUT2D eigenvalue weighted by molar-refractivity contribution is -0.106. The van der Waals surface area contributed by atoms with Crippen molar-refractivity contribution in [3.8, 4) is 0 Å². The first kappa shape index (κ1) is 8.88. The normalized spacial score (nSPS) is 12.1. The molecule has 0 N–H and O–H groups in total. The molecule has 0 bridgehead atoms. The molecule has 1 amide bonds. The Morgan fingerprint density at radius 2 is 2.10 bits per heavy atom. The maximum atomic E-state index is 9.82. The molecule has 0 heterocycles. The van der Waals surface area contributed by atoms with Gasteiger partial charge in [-0.15, -0.1) is 0 Å². The fraction of sp³-hybridized carbons (Fsp3) is 0.429. The van der Waals surface area contributed by atoms with Crippen LogP contribution in [0.5, 0.6) is 0 Å². The monoisotopic (exact) mass is 140 g/mol. The molecule has 0 aromatic rings. The molecule has 3 heteroatoms. The van der Waals surface area contributed by atoms with Gasteiger partial charge in [-0.2, -0.15) is 0 Å². The average Bonchev–Trinajstić information content (AvgIpc) is 1.85. The Morgan fingerprint density at radius 1 is 1.50 bits per heavy atom. The van der Waals surface area contributed by atoms with E-state index >= 15 is 0 Å². The van der Waals surface area contributed by atoms with Crippen molar-refractivity contribution in [1.82, 2.24) is 4.90 Å². The summed E-state index contributed by atoms with van der Waals surface area (Å²) in [6, 6.07) is 0. The Kier molecular flexibility index (Phi) is 4.20. The van der Waals surface area contributed by atoms with Crippen LogP contribution in [0.15, 0.2) is 17.3 Å². The number of rotatable bonds is 3. The van der Waals surface area contributed by atoms with Crippen LogP contribution in [0, 0.1) is 0 Å². The van der Waals surface area contributed by atoms with Gasteiger partial charge in [-0.25, -0.2) is 4.99 Å². The van der Waals surface area contributed by atoms with Crippen LogP contribution < -0.4 is 0 Å². The summed E-state index contributed by atoms with van der Waals surface area (Å²) in [6.07, 6.45) is 4.14. The SMILES string of the molecule is CC(/C=C\N(C)C)=N/C=O. The summed E-state index contributed by atoms with van der Waals surface area (Å²) in [4.78, 5) is 15.2. The third-order valence-electron chi connectivity index (χ3n) is 0.870. The van der Waals surface area contributed by atoms with Crippen molar-refractivity contribution in [3.63, 3.8) is 0 Å². The molecule has 0 fully saturated rings. The zero-order valence-electron chi connectivity index (χ0n) is 6.53. The van der Waals surface area contributed by atoms with E-state index in [0.29, 0.717) is 12.1 Å². The van der Waals surface area contributed by atoms with E-state index in [9.17, 15) is 4.79 Å². The van der Waals surface area contributed by atoms with E-state index in [2.05, 4.69) is 4.99 Å². The van der Waals surface area contributed by atoms with Crippen LogP contribution in [-0.2, 0) is 4.79 Å². The summed E-state index contributed by atoms with van der Waals surface area (Å²) in [5, 5.41) is 0. The topological polar surface area (TPSA) is 32.7 Å². The third-order valence-corrected chi connectivity index (χ3v) is 0.870. The number of nitrogens with zero attached hydrogens (tertiary/aromatic N) is 2. The summed E-state index contributed by atoms with van der Waals surface area (Å²) in [5.74, 6) is 0. The highest BCUT2D eigenvalue weighted by molar-refractivity contribution is 5.96. The molecular weight excluding hydrogens is 128 g/mol. The zero-order chi connectivity index (χ0) is 7.98. The fourth-order valence-corrected chi connectivity index (χ4v) is 0.383. The number of carbonyl (C=O) groups is 1. The van der Waals surface area contributed by atoms with Crippen LogP contribution in [0.2, 0.25) is 0 Å². The molecule has 0 unspecified atom stereocenters. The highest BCUT2D eigenvalue weighted by Crippen LogP contribution is 1.81. The summed E-state index contributed by atoms with van der Waals surface area (Å²) >= 11 is 0. The molecule has 0 saturated carbocycles. The molecule has 0 aromatic heterocycles. The van der Waals surface area contributed by atoms with E-state index < -0.39 is 0 Å². The van der Waals surface area contributed by atoms with Crippen LogP contribution in [0.25, 0.3) is 0 Å². The van der Waals surface area contributed by atoms with E-state index in [0.717, 1.165) is 0 Å². The van der Waals surface area contributed by atoms with Crippen LogP contribution >= 0.6 is 0 Å². The van der Waals surface area contributed by atoms with Gasteiger partial charge < -0.3 is 4.90 Å². The molecule has 0 saturated heterocycles. The second-order valence-electron chi connectivity index (χ2n) is 2.16.